The van der Waals surface area contributed by atoms with Crippen molar-refractivity contribution < 1.29 is 27.9 Å². The first-order chi connectivity index (χ1) is 14.1. The average Bonchev–Trinajstić information content (AvgIpc) is 2.67. The summed E-state index contributed by atoms with van der Waals surface area (Å²) in [7, 11) is 0. The van der Waals surface area contributed by atoms with Gasteiger partial charge in [-0.05, 0) is 44.0 Å². The van der Waals surface area contributed by atoms with Crippen molar-refractivity contribution in [3.05, 3.63) is 65.2 Å². The quantitative estimate of drug-likeness (QED) is 0.673. The van der Waals surface area contributed by atoms with E-state index in [4.69, 9.17) is 4.74 Å². The van der Waals surface area contributed by atoms with Crippen LogP contribution in [0.15, 0.2) is 42.5 Å². The van der Waals surface area contributed by atoms with Gasteiger partial charge in [-0.3, -0.25) is 9.59 Å². The van der Waals surface area contributed by atoms with Crippen LogP contribution in [-0.4, -0.2) is 29.9 Å². The van der Waals surface area contributed by atoms with Gasteiger partial charge in [-0.1, -0.05) is 37.6 Å². The highest BCUT2D eigenvalue weighted by Crippen LogP contribution is 2.15. The number of carbonyl (C=O) groups excluding carboxylic acids is 3. The molecule has 0 aliphatic rings. The molecule has 0 bridgehead atoms. The lowest BCUT2D eigenvalue weighted by Crippen LogP contribution is -2.47. The summed E-state index contributed by atoms with van der Waals surface area (Å²) in [5, 5.41) is 4.91. The predicted octanol–water partition coefficient (Wildman–Crippen LogP) is 3.60. The second-order valence-electron chi connectivity index (χ2n) is 7.23. The van der Waals surface area contributed by atoms with E-state index in [1.165, 1.54) is 6.92 Å². The third-order valence-corrected chi connectivity index (χ3v) is 4.38. The minimum absolute atomic E-state index is 0.455. The Morgan fingerprint density at radius 3 is 2.03 bits per heavy atom. The molecular weight excluding hydrogens is 394 g/mol. The molecule has 0 saturated heterocycles. The lowest BCUT2D eigenvalue weighted by molar-refractivity contribution is -0.156. The number of halogens is 2. The Bertz CT molecular complexity index is 909. The minimum Gasteiger partial charge on any atom is -0.451 e. The minimum atomic E-state index is -1.20. The highest BCUT2D eigenvalue weighted by molar-refractivity contribution is 5.98. The predicted molar refractivity (Wildman–Crippen MR) is 108 cm³/mol. The third-order valence-electron chi connectivity index (χ3n) is 4.38. The number of esters is 1. The van der Waals surface area contributed by atoms with Crippen LogP contribution in [0.3, 0.4) is 0 Å². The summed E-state index contributed by atoms with van der Waals surface area (Å²) >= 11 is 0. The third kappa shape index (κ3) is 5.85. The number of anilines is 1. The van der Waals surface area contributed by atoms with Gasteiger partial charge in [0.15, 0.2) is 6.10 Å². The van der Waals surface area contributed by atoms with Crippen LogP contribution in [0.5, 0.6) is 0 Å². The molecule has 0 aliphatic heterocycles. The summed E-state index contributed by atoms with van der Waals surface area (Å²) in [5.74, 6) is -5.08. The summed E-state index contributed by atoms with van der Waals surface area (Å²) in [4.78, 5) is 37.1. The number of aryl methyl sites for hydroxylation is 1. The Labute approximate surface area is 173 Å². The zero-order valence-corrected chi connectivity index (χ0v) is 17.2. The van der Waals surface area contributed by atoms with Crippen LogP contribution in [0.25, 0.3) is 0 Å². The van der Waals surface area contributed by atoms with Crippen molar-refractivity contribution in [3.8, 4) is 0 Å². The van der Waals surface area contributed by atoms with Gasteiger partial charge in [0.2, 0.25) is 0 Å². The van der Waals surface area contributed by atoms with E-state index in [1.54, 1.807) is 26.0 Å². The Morgan fingerprint density at radius 2 is 1.50 bits per heavy atom. The normalized spacial score (nSPS) is 12.8. The molecule has 0 radical (unpaired) electrons. The molecule has 2 N–H and O–H groups in total. The maximum Gasteiger partial charge on any atom is 0.329 e. The first-order valence-electron chi connectivity index (χ1n) is 9.43. The van der Waals surface area contributed by atoms with Gasteiger partial charge >= 0.3 is 5.97 Å². The number of ether oxygens (including phenoxy) is 1. The van der Waals surface area contributed by atoms with Crippen molar-refractivity contribution in [2.24, 2.45) is 5.92 Å². The summed E-state index contributed by atoms with van der Waals surface area (Å²) in [6, 6.07) is 8.87. The molecule has 0 aromatic heterocycles. The Morgan fingerprint density at radius 1 is 0.933 bits per heavy atom. The van der Waals surface area contributed by atoms with E-state index in [9.17, 15) is 23.2 Å². The summed E-state index contributed by atoms with van der Waals surface area (Å²) in [5.41, 5.74) is 0.771. The van der Waals surface area contributed by atoms with Crippen molar-refractivity contribution >= 4 is 23.5 Å². The average molecular weight is 418 g/mol. The van der Waals surface area contributed by atoms with Crippen LogP contribution in [-0.2, 0) is 14.3 Å². The molecule has 0 fully saturated rings. The van der Waals surface area contributed by atoms with Gasteiger partial charge in [0.25, 0.3) is 11.8 Å². The Balaban J connectivity index is 2.04. The lowest BCUT2D eigenvalue weighted by Gasteiger charge is -2.23. The Kier molecular flexibility index (Phi) is 7.63. The van der Waals surface area contributed by atoms with Crippen molar-refractivity contribution in [2.75, 3.05) is 5.32 Å². The van der Waals surface area contributed by atoms with Crippen molar-refractivity contribution in [3.63, 3.8) is 0 Å². The summed E-state index contributed by atoms with van der Waals surface area (Å²) in [6.07, 6.45) is -1.15. The smallest absolute Gasteiger partial charge is 0.329 e. The van der Waals surface area contributed by atoms with E-state index in [0.717, 1.165) is 23.8 Å². The molecule has 6 nitrogen and oxygen atoms in total. The maximum absolute atomic E-state index is 13.8. The molecule has 8 heteroatoms. The van der Waals surface area contributed by atoms with Crippen LogP contribution in [0, 0.1) is 24.5 Å². The van der Waals surface area contributed by atoms with E-state index in [2.05, 4.69) is 10.6 Å². The first kappa shape index (κ1) is 23.0. The molecule has 2 atom stereocenters. The SMILES string of the molecule is Cc1ccc(NC(=O)[C@@H](C)OC(=O)[C@@H](NC(=O)c2c(F)cccc2F)C(C)C)cc1. The van der Waals surface area contributed by atoms with Gasteiger partial charge in [-0.15, -0.1) is 0 Å². The van der Waals surface area contributed by atoms with Crippen LogP contribution in [0.2, 0.25) is 0 Å². The van der Waals surface area contributed by atoms with Gasteiger partial charge in [-0.25, -0.2) is 13.6 Å². The van der Waals surface area contributed by atoms with Gasteiger partial charge in [-0.2, -0.15) is 0 Å². The highest BCUT2D eigenvalue weighted by atomic mass is 19.1. The van der Waals surface area contributed by atoms with Crippen molar-refractivity contribution in [2.45, 2.75) is 39.8 Å². The van der Waals surface area contributed by atoms with Crippen molar-refractivity contribution in [1.29, 1.82) is 0 Å². The van der Waals surface area contributed by atoms with Crippen LogP contribution in [0.1, 0.15) is 36.7 Å². The van der Waals surface area contributed by atoms with Gasteiger partial charge in [0.1, 0.15) is 23.2 Å². The molecule has 2 aromatic carbocycles. The monoisotopic (exact) mass is 418 g/mol. The molecule has 0 aliphatic carbocycles. The molecule has 0 unspecified atom stereocenters. The zero-order valence-electron chi connectivity index (χ0n) is 17.2. The number of hydrogen-bond acceptors (Lipinski definition) is 4. The number of benzene rings is 2. The molecule has 2 amide bonds. The summed E-state index contributed by atoms with van der Waals surface area (Å²) < 4.78 is 32.8. The van der Waals surface area contributed by atoms with E-state index < -0.39 is 53.0 Å². The topological polar surface area (TPSA) is 84.5 Å². The molecule has 0 spiro atoms. The molecule has 2 rings (SSSR count). The zero-order chi connectivity index (χ0) is 22.4. The maximum atomic E-state index is 13.8. The molecule has 160 valence electrons. The number of amides is 2. The fraction of sp³-hybridized carbons (Fsp3) is 0.318. The van der Waals surface area contributed by atoms with E-state index in [0.29, 0.717) is 5.69 Å². The van der Waals surface area contributed by atoms with Crippen LogP contribution >= 0.6 is 0 Å². The highest BCUT2D eigenvalue weighted by Gasteiger charge is 2.30. The number of rotatable bonds is 7. The second kappa shape index (κ2) is 9.96. The molecule has 2 aromatic rings. The van der Waals surface area contributed by atoms with Gasteiger partial charge in [0, 0.05) is 5.69 Å². The number of nitrogens with one attached hydrogen (secondary N) is 2. The molecular formula is C22H24F2N2O4. The van der Waals surface area contributed by atoms with E-state index in [-0.39, 0.29) is 0 Å². The van der Waals surface area contributed by atoms with E-state index >= 15 is 0 Å². The lowest BCUT2D eigenvalue weighted by atomic mass is 10.0. The molecule has 0 saturated carbocycles. The fourth-order valence-corrected chi connectivity index (χ4v) is 2.61. The molecule has 30 heavy (non-hydrogen) atoms. The van der Waals surface area contributed by atoms with Crippen LogP contribution < -0.4 is 10.6 Å². The first-order valence-corrected chi connectivity index (χ1v) is 9.43. The second-order valence-corrected chi connectivity index (χ2v) is 7.23. The number of hydrogen-bond donors (Lipinski definition) is 2. The number of carbonyl (C=O) groups is 3. The fourth-order valence-electron chi connectivity index (χ4n) is 2.61. The van der Waals surface area contributed by atoms with Crippen molar-refractivity contribution in [1.82, 2.24) is 5.32 Å². The standard InChI is InChI=1S/C22H24F2N2O4/c1-12(2)19(26-21(28)18-16(23)6-5-7-17(18)24)22(29)30-14(4)20(27)25-15-10-8-13(3)9-11-15/h5-12,14,19H,1-4H3,(H,25,27)(H,26,28)/t14-,19+/m1/s1. The van der Waals surface area contributed by atoms with Gasteiger partial charge in [0.05, 0.1) is 0 Å². The summed E-state index contributed by atoms with van der Waals surface area (Å²) in [6.45, 7) is 6.54. The Hall–Kier alpha value is -3.29. The largest absolute Gasteiger partial charge is 0.451 e. The van der Waals surface area contributed by atoms with Gasteiger partial charge < -0.3 is 15.4 Å². The molecule has 0 heterocycles. The van der Waals surface area contributed by atoms with Crippen LogP contribution in [0.4, 0.5) is 14.5 Å². The van der Waals surface area contributed by atoms with E-state index in [1.807, 2.05) is 19.1 Å².